The Hall–Kier alpha value is -1.00. The molecule has 4 heteroatoms. The molecule has 1 unspecified atom stereocenters. The molecule has 18 heavy (non-hydrogen) atoms. The third-order valence-corrected chi connectivity index (χ3v) is 4.06. The predicted molar refractivity (Wildman–Crippen MR) is 71.4 cm³/mol. The van der Waals surface area contributed by atoms with Crippen LogP contribution in [0.1, 0.15) is 26.7 Å². The van der Waals surface area contributed by atoms with Crippen LogP contribution in [0.5, 0.6) is 0 Å². The van der Waals surface area contributed by atoms with Gasteiger partial charge >= 0.3 is 5.97 Å². The van der Waals surface area contributed by atoms with Gasteiger partial charge in [0.15, 0.2) is 0 Å². The number of rotatable bonds is 3. The van der Waals surface area contributed by atoms with Crippen molar-refractivity contribution in [1.82, 2.24) is 0 Å². The lowest BCUT2D eigenvalue weighted by Crippen LogP contribution is -2.38. The van der Waals surface area contributed by atoms with Gasteiger partial charge in [0, 0.05) is 11.8 Å². The SMILES string of the molecule is CC(=O)O[C@@H]1CCC(Sc2ccccc2)O[C@H]1C. The van der Waals surface area contributed by atoms with Crippen LogP contribution in [0.2, 0.25) is 0 Å². The van der Waals surface area contributed by atoms with Crippen molar-refractivity contribution in [2.45, 2.75) is 49.2 Å². The highest BCUT2D eigenvalue weighted by atomic mass is 32.2. The van der Waals surface area contributed by atoms with Gasteiger partial charge in [-0.2, -0.15) is 0 Å². The van der Waals surface area contributed by atoms with E-state index in [0.717, 1.165) is 12.8 Å². The second-order valence-electron chi connectivity index (χ2n) is 4.43. The van der Waals surface area contributed by atoms with Gasteiger partial charge in [0.05, 0.1) is 6.10 Å². The molecule has 0 spiro atoms. The maximum absolute atomic E-state index is 10.9. The zero-order valence-electron chi connectivity index (χ0n) is 10.7. The summed E-state index contributed by atoms with van der Waals surface area (Å²) in [5, 5.41) is 0. The van der Waals surface area contributed by atoms with E-state index in [9.17, 15) is 4.79 Å². The predicted octanol–water partition coefficient (Wildman–Crippen LogP) is 3.24. The molecule has 2 rings (SSSR count). The monoisotopic (exact) mass is 266 g/mol. The number of carbonyl (C=O) groups excluding carboxylic acids is 1. The second kappa shape index (κ2) is 6.25. The van der Waals surface area contributed by atoms with Gasteiger partial charge in [-0.15, -0.1) is 0 Å². The molecule has 0 bridgehead atoms. The largest absolute Gasteiger partial charge is 0.460 e. The van der Waals surface area contributed by atoms with E-state index in [1.807, 2.05) is 25.1 Å². The molecule has 0 radical (unpaired) electrons. The fourth-order valence-electron chi connectivity index (χ4n) is 2.04. The van der Waals surface area contributed by atoms with E-state index >= 15 is 0 Å². The van der Waals surface area contributed by atoms with Crippen molar-refractivity contribution in [3.63, 3.8) is 0 Å². The number of esters is 1. The van der Waals surface area contributed by atoms with Gasteiger partial charge in [-0.1, -0.05) is 30.0 Å². The van der Waals surface area contributed by atoms with Crippen molar-refractivity contribution in [3.05, 3.63) is 30.3 Å². The minimum absolute atomic E-state index is 0.0381. The number of hydrogen-bond acceptors (Lipinski definition) is 4. The molecule has 3 nitrogen and oxygen atoms in total. The van der Waals surface area contributed by atoms with Crippen LogP contribution < -0.4 is 0 Å². The van der Waals surface area contributed by atoms with Crippen molar-refractivity contribution in [3.8, 4) is 0 Å². The standard InChI is InChI=1S/C14H18O3S/c1-10-13(17-11(2)15)8-9-14(16-10)18-12-6-4-3-5-7-12/h3-7,10,13-14H,8-9H2,1-2H3/t10-,13+,14?/m0/s1. The number of ether oxygens (including phenoxy) is 2. The molecule has 1 aliphatic rings. The summed E-state index contributed by atoms with van der Waals surface area (Å²) in [5.74, 6) is -0.232. The number of thioether (sulfide) groups is 1. The summed E-state index contributed by atoms with van der Waals surface area (Å²) in [7, 11) is 0. The van der Waals surface area contributed by atoms with E-state index in [1.165, 1.54) is 11.8 Å². The summed E-state index contributed by atoms with van der Waals surface area (Å²) < 4.78 is 11.1. The molecule has 0 amide bonds. The molecular formula is C14H18O3S. The first-order valence-electron chi connectivity index (χ1n) is 6.19. The third kappa shape index (κ3) is 3.75. The van der Waals surface area contributed by atoms with E-state index in [-0.39, 0.29) is 23.6 Å². The maximum atomic E-state index is 10.9. The van der Waals surface area contributed by atoms with Gasteiger partial charge in [-0.05, 0) is 31.9 Å². The number of hydrogen-bond donors (Lipinski definition) is 0. The Morgan fingerprint density at radius 3 is 2.67 bits per heavy atom. The van der Waals surface area contributed by atoms with Crippen LogP contribution in [0.3, 0.4) is 0 Å². The highest BCUT2D eigenvalue weighted by molar-refractivity contribution is 7.99. The molecule has 1 aliphatic heterocycles. The Bertz CT molecular complexity index is 393. The van der Waals surface area contributed by atoms with E-state index in [2.05, 4.69) is 12.1 Å². The molecule has 0 aliphatic carbocycles. The fraction of sp³-hybridized carbons (Fsp3) is 0.500. The quantitative estimate of drug-likeness (QED) is 0.787. The van der Waals surface area contributed by atoms with Crippen molar-refractivity contribution in [1.29, 1.82) is 0 Å². The van der Waals surface area contributed by atoms with Gasteiger partial charge in [-0.3, -0.25) is 4.79 Å². The van der Waals surface area contributed by atoms with Crippen LogP contribution in [0, 0.1) is 0 Å². The van der Waals surface area contributed by atoms with Gasteiger partial charge < -0.3 is 9.47 Å². The van der Waals surface area contributed by atoms with Crippen molar-refractivity contribution >= 4 is 17.7 Å². The first-order valence-corrected chi connectivity index (χ1v) is 7.07. The fourth-order valence-corrected chi connectivity index (χ4v) is 3.14. The summed E-state index contributed by atoms with van der Waals surface area (Å²) in [6.45, 7) is 3.41. The number of carbonyl (C=O) groups is 1. The van der Waals surface area contributed by atoms with Crippen LogP contribution in [-0.4, -0.2) is 23.6 Å². The van der Waals surface area contributed by atoms with Crippen LogP contribution >= 0.6 is 11.8 Å². The summed E-state index contributed by atoms with van der Waals surface area (Å²) >= 11 is 1.73. The smallest absolute Gasteiger partial charge is 0.302 e. The average Bonchev–Trinajstić information content (AvgIpc) is 2.33. The minimum atomic E-state index is -0.232. The highest BCUT2D eigenvalue weighted by Crippen LogP contribution is 2.33. The van der Waals surface area contributed by atoms with Crippen LogP contribution in [0.25, 0.3) is 0 Å². The average molecular weight is 266 g/mol. The van der Waals surface area contributed by atoms with Gasteiger partial charge in [0.1, 0.15) is 11.5 Å². The molecule has 0 saturated carbocycles. The summed E-state index contributed by atoms with van der Waals surface area (Å²) in [5.41, 5.74) is 0.147. The molecule has 1 fully saturated rings. The molecule has 1 aromatic rings. The lowest BCUT2D eigenvalue weighted by atomic mass is 10.1. The van der Waals surface area contributed by atoms with E-state index < -0.39 is 0 Å². The van der Waals surface area contributed by atoms with E-state index in [4.69, 9.17) is 9.47 Å². The Morgan fingerprint density at radius 1 is 1.33 bits per heavy atom. The lowest BCUT2D eigenvalue weighted by molar-refractivity contribution is -0.161. The van der Waals surface area contributed by atoms with Gasteiger partial charge in [-0.25, -0.2) is 0 Å². The zero-order valence-corrected chi connectivity index (χ0v) is 11.5. The topological polar surface area (TPSA) is 35.5 Å². The van der Waals surface area contributed by atoms with Crippen LogP contribution in [0.15, 0.2) is 35.2 Å². The Balaban J connectivity index is 1.86. The van der Waals surface area contributed by atoms with Gasteiger partial charge in [0.25, 0.3) is 0 Å². The lowest BCUT2D eigenvalue weighted by Gasteiger charge is -2.33. The molecule has 3 atom stereocenters. The molecule has 1 saturated heterocycles. The molecule has 1 heterocycles. The molecule has 0 N–H and O–H groups in total. The van der Waals surface area contributed by atoms with E-state index in [1.54, 1.807) is 11.8 Å². The van der Waals surface area contributed by atoms with Crippen molar-refractivity contribution in [2.24, 2.45) is 0 Å². The Morgan fingerprint density at radius 2 is 2.06 bits per heavy atom. The second-order valence-corrected chi connectivity index (χ2v) is 5.66. The number of benzene rings is 1. The van der Waals surface area contributed by atoms with Crippen LogP contribution in [-0.2, 0) is 14.3 Å². The molecular weight excluding hydrogens is 248 g/mol. The van der Waals surface area contributed by atoms with Crippen molar-refractivity contribution in [2.75, 3.05) is 0 Å². The summed E-state index contributed by atoms with van der Waals surface area (Å²) in [4.78, 5) is 12.2. The van der Waals surface area contributed by atoms with E-state index in [0.29, 0.717) is 0 Å². The Labute approximate surface area is 112 Å². The summed E-state index contributed by atoms with van der Waals surface area (Å²) in [6, 6.07) is 10.2. The molecule has 98 valence electrons. The third-order valence-electron chi connectivity index (χ3n) is 2.90. The van der Waals surface area contributed by atoms with Crippen LogP contribution in [0.4, 0.5) is 0 Å². The summed E-state index contributed by atoms with van der Waals surface area (Å²) in [6.07, 6.45) is 1.63. The first kappa shape index (κ1) is 13.4. The minimum Gasteiger partial charge on any atom is -0.460 e. The first-order chi connectivity index (χ1) is 8.65. The Kier molecular flexibility index (Phi) is 4.66. The molecule has 0 aromatic heterocycles. The highest BCUT2D eigenvalue weighted by Gasteiger charge is 2.30. The van der Waals surface area contributed by atoms with Gasteiger partial charge in [0.2, 0.25) is 0 Å². The molecule has 1 aromatic carbocycles. The zero-order chi connectivity index (χ0) is 13.0. The normalized spacial score (nSPS) is 27.8. The maximum Gasteiger partial charge on any atom is 0.302 e. The van der Waals surface area contributed by atoms with Crippen molar-refractivity contribution < 1.29 is 14.3 Å².